The number of benzene rings is 2. The van der Waals surface area contributed by atoms with Gasteiger partial charge in [0.2, 0.25) is 0 Å². The largest absolute Gasteiger partial charge is 0.624 e. The summed E-state index contributed by atoms with van der Waals surface area (Å²) in [5, 5.41) is 11.6. The van der Waals surface area contributed by atoms with Gasteiger partial charge in [-0.2, -0.15) is 0 Å². The van der Waals surface area contributed by atoms with E-state index >= 15 is 0 Å². The summed E-state index contributed by atoms with van der Waals surface area (Å²) in [6, 6.07) is 19.3. The van der Waals surface area contributed by atoms with Crippen molar-refractivity contribution in [2.24, 2.45) is 0 Å². The van der Waals surface area contributed by atoms with Crippen LogP contribution in [0, 0.1) is 5.21 Å². The molecule has 0 aliphatic rings. The number of ether oxygens (including phenoxy) is 1. The lowest BCUT2D eigenvalue weighted by Gasteiger charge is -2.05. The molecule has 3 nitrogen and oxygen atoms in total. The molecule has 0 aromatic heterocycles. The predicted molar refractivity (Wildman–Crippen MR) is 76.4 cm³/mol. The minimum Gasteiger partial charge on any atom is -0.624 e. The standard InChI is InChI=1S/C16H17NO2/c18-17(14-15-8-3-1-4-9-15)12-7-13-19-16-10-5-2-6-11-16/h1-6,8-12H,7,13-14H2. The maximum atomic E-state index is 11.6. The summed E-state index contributed by atoms with van der Waals surface area (Å²) in [6.07, 6.45) is 2.22. The van der Waals surface area contributed by atoms with E-state index in [1.165, 1.54) is 0 Å². The Labute approximate surface area is 113 Å². The van der Waals surface area contributed by atoms with E-state index in [1.54, 1.807) is 6.21 Å². The highest BCUT2D eigenvalue weighted by molar-refractivity contribution is 5.51. The van der Waals surface area contributed by atoms with Crippen LogP contribution < -0.4 is 4.74 Å². The minimum absolute atomic E-state index is 0.381. The van der Waals surface area contributed by atoms with Gasteiger partial charge in [0, 0.05) is 5.56 Å². The highest BCUT2D eigenvalue weighted by Gasteiger charge is 1.97. The zero-order chi connectivity index (χ0) is 13.3. The molecule has 0 atom stereocenters. The summed E-state index contributed by atoms with van der Waals surface area (Å²) >= 11 is 0. The molecule has 0 N–H and O–H groups in total. The van der Waals surface area contributed by atoms with E-state index in [9.17, 15) is 5.21 Å². The molecule has 2 aromatic carbocycles. The van der Waals surface area contributed by atoms with Crippen molar-refractivity contribution in [1.29, 1.82) is 0 Å². The monoisotopic (exact) mass is 255 g/mol. The molecule has 0 spiro atoms. The van der Waals surface area contributed by atoms with Crippen molar-refractivity contribution in [2.75, 3.05) is 6.61 Å². The lowest BCUT2D eigenvalue weighted by Crippen LogP contribution is -2.07. The Balaban J connectivity index is 1.73. The number of hydroxylamine groups is 1. The van der Waals surface area contributed by atoms with E-state index in [-0.39, 0.29) is 0 Å². The molecule has 0 aliphatic carbocycles. The molecular formula is C16H17NO2. The number of hydrogen-bond acceptors (Lipinski definition) is 2. The van der Waals surface area contributed by atoms with Crippen LogP contribution in [0.25, 0.3) is 0 Å². The Morgan fingerprint density at radius 3 is 2.26 bits per heavy atom. The molecule has 3 heteroatoms. The molecule has 19 heavy (non-hydrogen) atoms. The quantitative estimate of drug-likeness (QED) is 0.261. The molecule has 0 unspecified atom stereocenters. The van der Waals surface area contributed by atoms with E-state index in [0.717, 1.165) is 16.1 Å². The first-order valence-electron chi connectivity index (χ1n) is 6.33. The van der Waals surface area contributed by atoms with Crippen LogP contribution in [0.4, 0.5) is 0 Å². The molecule has 0 radical (unpaired) electrons. The number of para-hydroxylation sites is 1. The average molecular weight is 255 g/mol. The third kappa shape index (κ3) is 4.84. The first kappa shape index (κ1) is 13.1. The summed E-state index contributed by atoms with van der Waals surface area (Å²) in [5.74, 6) is 0.830. The predicted octanol–water partition coefficient (Wildman–Crippen LogP) is 3.24. The Morgan fingerprint density at radius 2 is 1.58 bits per heavy atom. The molecular weight excluding hydrogens is 238 g/mol. The van der Waals surface area contributed by atoms with Gasteiger partial charge in [-0.15, -0.1) is 0 Å². The topological polar surface area (TPSA) is 35.3 Å². The summed E-state index contributed by atoms with van der Waals surface area (Å²) in [4.78, 5) is 0. The van der Waals surface area contributed by atoms with E-state index in [1.807, 2.05) is 60.7 Å². The lowest BCUT2D eigenvalue weighted by atomic mass is 10.2. The van der Waals surface area contributed by atoms with Crippen molar-refractivity contribution in [3.8, 4) is 5.75 Å². The van der Waals surface area contributed by atoms with Gasteiger partial charge in [-0.1, -0.05) is 48.5 Å². The maximum absolute atomic E-state index is 11.6. The zero-order valence-electron chi connectivity index (χ0n) is 10.7. The third-order valence-electron chi connectivity index (χ3n) is 2.64. The molecule has 2 aromatic rings. The molecule has 0 fully saturated rings. The first-order valence-corrected chi connectivity index (χ1v) is 6.33. The van der Waals surface area contributed by atoms with E-state index < -0.39 is 0 Å². The number of hydrogen-bond donors (Lipinski definition) is 0. The fraction of sp³-hybridized carbons (Fsp3) is 0.188. The van der Waals surface area contributed by atoms with Crippen molar-refractivity contribution in [3.63, 3.8) is 0 Å². The summed E-state index contributed by atoms with van der Waals surface area (Å²) in [5.41, 5.74) is 1.01. The fourth-order valence-corrected chi connectivity index (χ4v) is 1.72. The lowest BCUT2D eigenvalue weighted by molar-refractivity contribution is -0.471. The smallest absolute Gasteiger partial charge is 0.178 e. The minimum atomic E-state index is 0.381. The van der Waals surface area contributed by atoms with Crippen molar-refractivity contribution in [3.05, 3.63) is 71.4 Å². The Bertz CT molecular complexity index is 509. The van der Waals surface area contributed by atoms with E-state index in [4.69, 9.17) is 4.74 Å². The van der Waals surface area contributed by atoms with Gasteiger partial charge >= 0.3 is 0 Å². The van der Waals surface area contributed by atoms with Gasteiger partial charge in [0.25, 0.3) is 0 Å². The normalized spacial score (nSPS) is 11.3. The number of nitrogens with zero attached hydrogens (tertiary/aromatic N) is 1. The van der Waals surface area contributed by atoms with Crippen molar-refractivity contribution < 1.29 is 9.48 Å². The molecule has 0 aliphatic heterocycles. The van der Waals surface area contributed by atoms with Crippen LogP contribution >= 0.6 is 0 Å². The average Bonchev–Trinajstić information content (AvgIpc) is 2.46. The number of rotatable bonds is 6. The molecule has 0 saturated carbocycles. The molecule has 0 saturated heterocycles. The Kier molecular flexibility index (Phi) is 4.99. The highest BCUT2D eigenvalue weighted by atomic mass is 16.5. The maximum Gasteiger partial charge on any atom is 0.178 e. The highest BCUT2D eigenvalue weighted by Crippen LogP contribution is 2.08. The van der Waals surface area contributed by atoms with Gasteiger partial charge in [-0.25, -0.2) is 4.74 Å². The SMILES string of the molecule is [O-][N+](=CCCOc1ccccc1)Cc1ccccc1. The second-order valence-corrected chi connectivity index (χ2v) is 4.19. The Hall–Kier alpha value is -2.29. The van der Waals surface area contributed by atoms with Crippen LogP contribution in [0.15, 0.2) is 60.7 Å². The van der Waals surface area contributed by atoms with Gasteiger partial charge in [-0.05, 0) is 12.1 Å². The third-order valence-corrected chi connectivity index (χ3v) is 2.64. The van der Waals surface area contributed by atoms with Gasteiger partial charge < -0.3 is 9.94 Å². The van der Waals surface area contributed by atoms with Crippen LogP contribution in [0.1, 0.15) is 12.0 Å². The van der Waals surface area contributed by atoms with Crippen molar-refractivity contribution >= 4 is 6.21 Å². The van der Waals surface area contributed by atoms with Gasteiger partial charge in [0.05, 0.1) is 13.0 Å². The molecule has 2 rings (SSSR count). The summed E-state index contributed by atoms with van der Waals surface area (Å²) in [6.45, 7) is 0.893. The second-order valence-electron chi connectivity index (χ2n) is 4.19. The van der Waals surface area contributed by atoms with Gasteiger partial charge in [0.15, 0.2) is 12.8 Å². The van der Waals surface area contributed by atoms with Gasteiger partial charge in [0.1, 0.15) is 5.75 Å². The van der Waals surface area contributed by atoms with E-state index in [0.29, 0.717) is 19.6 Å². The molecule has 98 valence electrons. The van der Waals surface area contributed by atoms with Crippen molar-refractivity contribution in [2.45, 2.75) is 13.0 Å². The van der Waals surface area contributed by atoms with Crippen LogP contribution in [-0.2, 0) is 6.54 Å². The van der Waals surface area contributed by atoms with Crippen LogP contribution in [-0.4, -0.2) is 17.6 Å². The van der Waals surface area contributed by atoms with Crippen LogP contribution in [0.5, 0.6) is 5.75 Å². The first-order chi connectivity index (χ1) is 9.34. The van der Waals surface area contributed by atoms with Crippen LogP contribution in [0.3, 0.4) is 0 Å². The fourth-order valence-electron chi connectivity index (χ4n) is 1.72. The van der Waals surface area contributed by atoms with Gasteiger partial charge in [-0.3, -0.25) is 0 Å². The van der Waals surface area contributed by atoms with Crippen LogP contribution in [0.2, 0.25) is 0 Å². The molecule has 0 amide bonds. The zero-order valence-corrected chi connectivity index (χ0v) is 10.7. The second kappa shape index (κ2) is 7.21. The van der Waals surface area contributed by atoms with Crippen molar-refractivity contribution in [1.82, 2.24) is 0 Å². The molecule has 0 bridgehead atoms. The van der Waals surface area contributed by atoms with E-state index in [2.05, 4.69) is 0 Å². The summed E-state index contributed by atoms with van der Waals surface area (Å²) in [7, 11) is 0. The molecule has 0 heterocycles. The summed E-state index contributed by atoms with van der Waals surface area (Å²) < 4.78 is 6.46. The Morgan fingerprint density at radius 1 is 0.947 bits per heavy atom.